The molecule has 0 unspecified atom stereocenters. The second-order valence-electron chi connectivity index (χ2n) is 2.22. The molecule has 0 saturated heterocycles. The van der Waals surface area contributed by atoms with Gasteiger partial charge < -0.3 is 10.1 Å². The van der Waals surface area contributed by atoms with Gasteiger partial charge in [0.15, 0.2) is 5.75 Å². The molecule has 1 rings (SSSR count). The number of anilines is 1. The number of hydrogen-bond donors (Lipinski definition) is 1. The van der Waals surface area contributed by atoms with E-state index >= 15 is 0 Å². The third-order valence-electron chi connectivity index (χ3n) is 1.49. The lowest BCUT2D eigenvalue weighted by atomic mass is 10.3. The fourth-order valence-corrected chi connectivity index (χ4v) is 1.54. The summed E-state index contributed by atoms with van der Waals surface area (Å²) in [5.41, 5.74) is 0.866. The Labute approximate surface area is 81.4 Å². The summed E-state index contributed by atoms with van der Waals surface area (Å²) in [5.74, 6) is 0.511. The smallest absolute Gasteiger partial charge is 0.156 e. The van der Waals surface area contributed by atoms with E-state index in [4.69, 9.17) is 27.9 Å². The molecule has 1 aromatic carbocycles. The van der Waals surface area contributed by atoms with Crippen molar-refractivity contribution in [3.63, 3.8) is 0 Å². The molecule has 0 aromatic heterocycles. The Bertz CT molecular complexity index is 265. The summed E-state index contributed by atoms with van der Waals surface area (Å²) >= 11 is 11.7. The first-order valence-corrected chi connectivity index (χ1v) is 4.15. The lowest BCUT2D eigenvalue weighted by Crippen LogP contribution is -1.90. The van der Waals surface area contributed by atoms with E-state index < -0.39 is 0 Å². The number of hydrogen-bond acceptors (Lipinski definition) is 2. The van der Waals surface area contributed by atoms with Gasteiger partial charge in [0.05, 0.1) is 17.2 Å². The summed E-state index contributed by atoms with van der Waals surface area (Å²) in [6, 6.07) is 3.51. The van der Waals surface area contributed by atoms with E-state index in [9.17, 15) is 0 Å². The maximum Gasteiger partial charge on any atom is 0.156 e. The molecular weight excluding hydrogens is 197 g/mol. The summed E-state index contributed by atoms with van der Waals surface area (Å²) in [6.45, 7) is 0. The first-order valence-electron chi connectivity index (χ1n) is 3.40. The molecule has 1 aromatic rings. The monoisotopic (exact) mass is 205 g/mol. The van der Waals surface area contributed by atoms with Crippen molar-refractivity contribution in [1.29, 1.82) is 0 Å². The van der Waals surface area contributed by atoms with Crippen molar-refractivity contribution in [3.05, 3.63) is 22.2 Å². The number of rotatable bonds is 2. The van der Waals surface area contributed by atoms with Crippen molar-refractivity contribution >= 4 is 28.9 Å². The number of ether oxygens (including phenoxy) is 1. The fourth-order valence-electron chi connectivity index (χ4n) is 0.899. The normalized spacial score (nSPS) is 9.67. The first kappa shape index (κ1) is 9.49. The lowest BCUT2D eigenvalue weighted by molar-refractivity contribution is 0.415. The van der Waals surface area contributed by atoms with Gasteiger partial charge in [0.2, 0.25) is 0 Å². The Morgan fingerprint density at radius 1 is 1.25 bits per heavy atom. The van der Waals surface area contributed by atoms with Crippen molar-refractivity contribution in [2.45, 2.75) is 0 Å². The van der Waals surface area contributed by atoms with Gasteiger partial charge in [-0.05, 0) is 12.1 Å². The second kappa shape index (κ2) is 3.87. The minimum Gasteiger partial charge on any atom is -0.494 e. The van der Waals surface area contributed by atoms with Gasteiger partial charge >= 0.3 is 0 Å². The van der Waals surface area contributed by atoms with Crippen LogP contribution >= 0.6 is 23.2 Å². The van der Waals surface area contributed by atoms with Gasteiger partial charge in [0.25, 0.3) is 0 Å². The standard InChI is InChI=1S/C8H9Cl2NO/c1-11-5-3-6(9)8(12-2)7(10)4-5/h3-4,11H,1-2H3. The van der Waals surface area contributed by atoms with Crippen LogP contribution < -0.4 is 10.1 Å². The molecule has 0 aliphatic carbocycles. The summed E-state index contributed by atoms with van der Waals surface area (Å²) in [6.07, 6.45) is 0. The summed E-state index contributed by atoms with van der Waals surface area (Å²) in [5, 5.41) is 3.95. The maximum absolute atomic E-state index is 5.86. The van der Waals surface area contributed by atoms with Crippen molar-refractivity contribution in [3.8, 4) is 5.75 Å². The topological polar surface area (TPSA) is 21.3 Å². The van der Waals surface area contributed by atoms with E-state index in [1.807, 2.05) is 0 Å². The summed E-state index contributed by atoms with van der Waals surface area (Å²) in [7, 11) is 3.33. The molecule has 0 radical (unpaired) electrons. The third kappa shape index (κ3) is 1.76. The third-order valence-corrected chi connectivity index (χ3v) is 2.05. The van der Waals surface area contributed by atoms with E-state index in [0.29, 0.717) is 15.8 Å². The zero-order valence-electron chi connectivity index (χ0n) is 6.82. The molecule has 0 aliphatic heterocycles. The van der Waals surface area contributed by atoms with Crippen LogP contribution in [0.15, 0.2) is 12.1 Å². The first-order chi connectivity index (χ1) is 5.69. The van der Waals surface area contributed by atoms with E-state index in [1.54, 1.807) is 19.2 Å². The van der Waals surface area contributed by atoms with E-state index in [1.165, 1.54) is 7.11 Å². The SMILES string of the molecule is CNc1cc(Cl)c(OC)c(Cl)c1. The molecule has 1 N–H and O–H groups in total. The van der Waals surface area contributed by atoms with Crippen LogP contribution in [0.1, 0.15) is 0 Å². The maximum atomic E-state index is 5.86. The minimum atomic E-state index is 0.509. The minimum absolute atomic E-state index is 0.509. The molecule has 4 heteroatoms. The Morgan fingerprint density at radius 3 is 2.08 bits per heavy atom. The molecular formula is C8H9Cl2NO. The average molecular weight is 206 g/mol. The van der Waals surface area contributed by atoms with E-state index in [2.05, 4.69) is 5.32 Å². The van der Waals surface area contributed by atoms with Crippen molar-refractivity contribution in [2.75, 3.05) is 19.5 Å². The highest BCUT2D eigenvalue weighted by Gasteiger charge is 2.06. The molecule has 12 heavy (non-hydrogen) atoms. The summed E-state index contributed by atoms with van der Waals surface area (Å²) < 4.78 is 4.98. The predicted octanol–water partition coefficient (Wildman–Crippen LogP) is 3.04. The van der Waals surface area contributed by atoms with Gasteiger partial charge in [0.1, 0.15) is 0 Å². The predicted molar refractivity (Wildman–Crippen MR) is 52.6 cm³/mol. The Kier molecular flexibility index (Phi) is 3.06. The Balaban J connectivity index is 3.18. The highest BCUT2D eigenvalue weighted by molar-refractivity contribution is 6.37. The molecule has 66 valence electrons. The van der Waals surface area contributed by atoms with E-state index in [0.717, 1.165) is 5.69 Å². The molecule has 0 aliphatic rings. The Hall–Kier alpha value is -0.600. The molecule has 0 atom stereocenters. The second-order valence-corrected chi connectivity index (χ2v) is 3.04. The zero-order valence-corrected chi connectivity index (χ0v) is 8.33. The fraction of sp³-hybridized carbons (Fsp3) is 0.250. The van der Waals surface area contributed by atoms with Gasteiger partial charge in [-0.3, -0.25) is 0 Å². The molecule has 0 bridgehead atoms. The van der Waals surface area contributed by atoms with Gasteiger partial charge in [-0.2, -0.15) is 0 Å². The highest BCUT2D eigenvalue weighted by Crippen LogP contribution is 2.35. The zero-order chi connectivity index (χ0) is 9.14. The van der Waals surface area contributed by atoms with Crippen molar-refractivity contribution in [1.82, 2.24) is 0 Å². The molecule has 2 nitrogen and oxygen atoms in total. The summed E-state index contributed by atoms with van der Waals surface area (Å²) in [4.78, 5) is 0. The molecule has 0 saturated carbocycles. The van der Waals surface area contributed by atoms with Crippen LogP contribution in [0, 0.1) is 0 Å². The largest absolute Gasteiger partial charge is 0.494 e. The van der Waals surface area contributed by atoms with Gasteiger partial charge in [-0.1, -0.05) is 23.2 Å². The number of nitrogens with one attached hydrogen (secondary N) is 1. The van der Waals surface area contributed by atoms with E-state index in [-0.39, 0.29) is 0 Å². The van der Waals surface area contributed by atoms with Gasteiger partial charge in [-0.15, -0.1) is 0 Å². The Morgan fingerprint density at radius 2 is 1.75 bits per heavy atom. The molecule has 0 heterocycles. The highest BCUT2D eigenvalue weighted by atomic mass is 35.5. The van der Waals surface area contributed by atoms with Crippen LogP contribution in [0.25, 0.3) is 0 Å². The van der Waals surface area contributed by atoms with Crippen LogP contribution in [0.2, 0.25) is 10.0 Å². The average Bonchev–Trinajstić information content (AvgIpc) is 2.03. The van der Waals surface area contributed by atoms with Gasteiger partial charge in [0, 0.05) is 12.7 Å². The molecule has 0 fully saturated rings. The number of benzene rings is 1. The van der Waals surface area contributed by atoms with Crippen LogP contribution in [0.3, 0.4) is 0 Å². The van der Waals surface area contributed by atoms with Gasteiger partial charge in [-0.25, -0.2) is 0 Å². The number of halogens is 2. The van der Waals surface area contributed by atoms with Crippen LogP contribution in [-0.2, 0) is 0 Å². The van der Waals surface area contributed by atoms with Crippen LogP contribution in [0.4, 0.5) is 5.69 Å². The van der Waals surface area contributed by atoms with Crippen molar-refractivity contribution < 1.29 is 4.74 Å². The van der Waals surface area contributed by atoms with Crippen molar-refractivity contribution in [2.24, 2.45) is 0 Å². The lowest BCUT2D eigenvalue weighted by Gasteiger charge is -2.07. The van der Waals surface area contributed by atoms with Crippen LogP contribution in [0.5, 0.6) is 5.75 Å². The molecule has 0 amide bonds. The molecule has 0 spiro atoms. The van der Waals surface area contributed by atoms with Crippen LogP contribution in [-0.4, -0.2) is 14.2 Å². The number of methoxy groups -OCH3 is 1. The quantitative estimate of drug-likeness (QED) is 0.802.